The molecule has 0 spiro atoms. The number of benzene rings is 1. The van der Waals surface area contributed by atoms with Crippen LogP contribution >= 0.6 is 0 Å². The lowest BCUT2D eigenvalue weighted by Crippen LogP contribution is -2.47. The van der Waals surface area contributed by atoms with E-state index in [1.165, 1.54) is 0 Å². The summed E-state index contributed by atoms with van der Waals surface area (Å²) in [4.78, 5) is 11.0. The number of carbonyl (C=O) groups is 1. The molecule has 1 N–H and O–H groups in total. The van der Waals surface area contributed by atoms with Gasteiger partial charge in [0.25, 0.3) is 0 Å². The molecule has 0 saturated carbocycles. The van der Waals surface area contributed by atoms with Gasteiger partial charge < -0.3 is 19.5 Å². The normalized spacial score (nSPS) is 12.8. The first-order valence-electron chi connectivity index (χ1n) is 8.38. The van der Waals surface area contributed by atoms with Crippen LogP contribution in [0.3, 0.4) is 0 Å². The van der Waals surface area contributed by atoms with Gasteiger partial charge >= 0.3 is 0 Å². The highest BCUT2D eigenvalue weighted by Crippen LogP contribution is 2.36. The summed E-state index contributed by atoms with van der Waals surface area (Å²) < 4.78 is 16.3. The molecule has 0 aliphatic heterocycles. The van der Waals surface area contributed by atoms with Crippen molar-refractivity contribution in [3.05, 3.63) is 23.8 Å². The average Bonchev–Trinajstić information content (AvgIpc) is 2.55. The van der Waals surface area contributed by atoms with Gasteiger partial charge in [-0.15, -0.1) is 0 Å². The number of hydrogen-bond donors (Lipinski definition) is 1. The predicted octanol–water partition coefficient (Wildman–Crippen LogP) is 3.16. The SMILES string of the molecule is COCCCOc1cc(C(C)(C)C(NC=O)C(C)C)ccc1OC. The lowest BCUT2D eigenvalue weighted by Gasteiger charge is -2.37. The van der Waals surface area contributed by atoms with Gasteiger partial charge in [-0.2, -0.15) is 0 Å². The second kappa shape index (κ2) is 9.52. The fourth-order valence-electron chi connectivity index (χ4n) is 3.06. The second-order valence-electron chi connectivity index (χ2n) is 6.79. The van der Waals surface area contributed by atoms with Gasteiger partial charge in [0.1, 0.15) is 0 Å². The fourth-order valence-corrected chi connectivity index (χ4v) is 3.06. The van der Waals surface area contributed by atoms with Gasteiger partial charge in [0.05, 0.1) is 13.7 Å². The summed E-state index contributed by atoms with van der Waals surface area (Å²) in [7, 11) is 3.31. The Morgan fingerprint density at radius 3 is 2.42 bits per heavy atom. The van der Waals surface area contributed by atoms with Crippen LogP contribution in [0.2, 0.25) is 0 Å². The van der Waals surface area contributed by atoms with Crippen molar-refractivity contribution in [2.45, 2.75) is 45.6 Å². The summed E-state index contributed by atoms with van der Waals surface area (Å²) >= 11 is 0. The Balaban J connectivity index is 3.07. The lowest BCUT2D eigenvalue weighted by molar-refractivity contribution is -0.110. The zero-order valence-electron chi connectivity index (χ0n) is 15.7. The molecule has 0 saturated heterocycles. The second-order valence-corrected chi connectivity index (χ2v) is 6.79. The van der Waals surface area contributed by atoms with Crippen molar-refractivity contribution in [2.75, 3.05) is 27.4 Å². The minimum atomic E-state index is -0.244. The van der Waals surface area contributed by atoms with E-state index in [1.54, 1.807) is 14.2 Å². The molecule has 0 aliphatic rings. The zero-order valence-corrected chi connectivity index (χ0v) is 15.7. The maximum Gasteiger partial charge on any atom is 0.207 e. The van der Waals surface area contributed by atoms with E-state index in [0.29, 0.717) is 30.6 Å². The summed E-state index contributed by atoms with van der Waals surface area (Å²) in [6.45, 7) is 9.69. The van der Waals surface area contributed by atoms with Crippen LogP contribution in [0.25, 0.3) is 0 Å². The molecule has 0 aromatic heterocycles. The Morgan fingerprint density at radius 1 is 1.17 bits per heavy atom. The van der Waals surface area contributed by atoms with Crippen LogP contribution in [0.5, 0.6) is 11.5 Å². The van der Waals surface area contributed by atoms with Crippen molar-refractivity contribution in [2.24, 2.45) is 5.92 Å². The Kier molecular flexibility index (Phi) is 8.05. The van der Waals surface area contributed by atoms with E-state index < -0.39 is 0 Å². The molecular weight excluding hydrogens is 306 g/mol. The van der Waals surface area contributed by atoms with Crippen LogP contribution in [0, 0.1) is 5.92 Å². The van der Waals surface area contributed by atoms with E-state index in [0.717, 1.165) is 18.4 Å². The van der Waals surface area contributed by atoms with E-state index in [2.05, 4.69) is 33.0 Å². The van der Waals surface area contributed by atoms with E-state index in [-0.39, 0.29) is 11.5 Å². The molecule has 1 rings (SSSR count). The molecule has 1 aromatic carbocycles. The van der Waals surface area contributed by atoms with Crippen molar-refractivity contribution < 1.29 is 19.0 Å². The topological polar surface area (TPSA) is 56.8 Å². The highest BCUT2D eigenvalue weighted by molar-refractivity contribution is 5.49. The number of carbonyl (C=O) groups excluding carboxylic acids is 1. The third kappa shape index (κ3) is 5.13. The first kappa shape index (κ1) is 20.3. The summed E-state index contributed by atoms with van der Waals surface area (Å²) in [6, 6.07) is 5.97. The number of methoxy groups -OCH3 is 2. The summed E-state index contributed by atoms with van der Waals surface area (Å²) in [5, 5.41) is 2.96. The van der Waals surface area contributed by atoms with Crippen LogP contribution in [-0.2, 0) is 14.9 Å². The van der Waals surface area contributed by atoms with Gasteiger partial charge in [0, 0.05) is 31.6 Å². The smallest absolute Gasteiger partial charge is 0.207 e. The van der Waals surface area contributed by atoms with Crippen LogP contribution in [0.15, 0.2) is 18.2 Å². The standard InChI is InChI=1S/C19H31NO4/c1-14(2)18(20-13-21)19(3,4)15-8-9-16(23-6)17(12-15)24-11-7-10-22-5/h8-9,12-14,18H,7,10-11H2,1-6H3,(H,20,21). The summed E-state index contributed by atoms with van der Waals surface area (Å²) in [5.41, 5.74) is 0.851. The molecule has 0 fully saturated rings. The number of hydrogen-bond acceptors (Lipinski definition) is 4. The maximum atomic E-state index is 11.0. The summed E-state index contributed by atoms with van der Waals surface area (Å²) in [5.74, 6) is 1.72. The molecule has 1 amide bonds. The molecule has 1 atom stereocenters. The summed E-state index contributed by atoms with van der Waals surface area (Å²) in [6.07, 6.45) is 1.59. The Labute approximate surface area is 145 Å². The van der Waals surface area contributed by atoms with Gasteiger partial charge in [-0.05, 0) is 23.6 Å². The van der Waals surface area contributed by atoms with Gasteiger partial charge in [-0.1, -0.05) is 33.8 Å². The molecule has 1 aromatic rings. The quantitative estimate of drug-likeness (QED) is 0.498. The molecular formula is C19H31NO4. The Hall–Kier alpha value is -1.75. The van der Waals surface area contributed by atoms with Gasteiger partial charge in [0.15, 0.2) is 11.5 Å². The van der Waals surface area contributed by atoms with Crippen LogP contribution in [0.4, 0.5) is 0 Å². The zero-order chi connectivity index (χ0) is 18.2. The van der Waals surface area contributed by atoms with Crippen LogP contribution < -0.4 is 14.8 Å². The van der Waals surface area contributed by atoms with E-state index in [1.807, 2.05) is 18.2 Å². The molecule has 1 unspecified atom stereocenters. The van der Waals surface area contributed by atoms with Crippen molar-refractivity contribution in [3.63, 3.8) is 0 Å². The number of rotatable bonds is 11. The highest BCUT2D eigenvalue weighted by Gasteiger charge is 2.34. The Bertz CT molecular complexity index is 514. The van der Waals surface area contributed by atoms with Crippen molar-refractivity contribution in [1.82, 2.24) is 5.32 Å². The largest absolute Gasteiger partial charge is 0.493 e. The minimum absolute atomic E-state index is 0.0183. The highest BCUT2D eigenvalue weighted by atomic mass is 16.5. The first-order chi connectivity index (χ1) is 11.4. The van der Waals surface area contributed by atoms with Crippen molar-refractivity contribution in [3.8, 4) is 11.5 Å². The molecule has 136 valence electrons. The van der Waals surface area contributed by atoms with Crippen LogP contribution in [-0.4, -0.2) is 39.9 Å². The molecule has 0 aliphatic carbocycles. The monoisotopic (exact) mass is 337 g/mol. The molecule has 0 bridgehead atoms. The van der Waals surface area contributed by atoms with E-state index >= 15 is 0 Å². The number of ether oxygens (including phenoxy) is 3. The predicted molar refractivity (Wildman–Crippen MR) is 95.8 cm³/mol. The molecule has 5 nitrogen and oxygen atoms in total. The molecule has 5 heteroatoms. The molecule has 24 heavy (non-hydrogen) atoms. The van der Waals surface area contributed by atoms with Crippen LogP contribution in [0.1, 0.15) is 39.7 Å². The average molecular weight is 337 g/mol. The van der Waals surface area contributed by atoms with Gasteiger partial charge in [0.2, 0.25) is 6.41 Å². The fraction of sp³-hybridized carbons (Fsp3) is 0.632. The maximum absolute atomic E-state index is 11.0. The van der Waals surface area contributed by atoms with Crippen molar-refractivity contribution in [1.29, 1.82) is 0 Å². The number of nitrogens with one attached hydrogen (secondary N) is 1. The van der Waals surface area contributed by atoms with Gasteiger partial charge in [-0.25, -0.2) is 0 Å². The first-order valence-corrected chi connectivity index (χ1v) is 8.38. The minimum Gasteiger partial charge on any atom is -0.493 e. The lowest BCUT2D eigenvalue weighted by atomic mass is 9.73. The van der Waals surface area contributed by atoms with Crippen molar-refractivity contribution >= 4 is 6.41 Å². The Morgan fingerprint density at radius 2 is 1.88 bits per heavy atom. The third-order valence-corrected chi connectivity index (χ3v) is 4.35. The third-order valence-electron chi connectivity index (χ3n) is 4.35. The van der Waals surface area contributed by atoms with E-state index in [4.69, 9.17) is 14.2 Å². The molecule has 0 heterocycles. The molecule has 0 radical (unpaired) electrons. The van der Waals surface area contributed by atoms with E-state index in [9.17, 15) is 4.79 Å². The number of amides is 1. The van der Waals surface area contributed by atoms with Gasteiger partial charge in [-0.3, -0.25) is 4.79 Å².